The molecule has 0 aromatic heterocycles. The number of carboxylic acid groups (broad SMARTS) is 2. The van der Waals surface area contributed by atoms with E-state index in [1.807, 2.05) is 12.1 Å². The normalized spacial score (nSPS) is 27.3. The third kappa shape index (κ3) is 6.24. The van der Waals surface area contributed by atoms with Crippen LogP contribution in [0.3, 0.4) is 0 Å². The molecule has 2 saturated heterocycles. The van der Waals surface area contributed by atoms with Crippen LogP contribution in [0.25, 0.3) is 0 Å². The third-order valence-corrected chi connectivity index (χ3v) is 11.4. The summed E-state index contributed by atoms with van der Waals surface area (Å²) in [5.41, 5.74) is -0.430. The zero-order valence-corrected chi connectivity index (χ0v) is 28.0. The Morgan fingerprint density at radius 2 is 1.44 bits per heavy atom. The summed E-state index contributed by atoms with van der Waals surface area (Å²) in [6, 6.07) is 25.9. The minimum absolute atomic E-state index is 0.0384. The van der Waals surface area contributed by atoms with Crippen molar-refractivity contribution in [2.24, 2.45) is 10.8 Å². The van der Waals surface area contributed by atoms with E-state index in [9.17, 15) is 29.9 Å². The molecule has 0 bridgehead atoms. The number of benzene rings is 3. The van der Waals surface area contributed by atoms with Crippen molar-refractivity contribution in [1.82, 2.24) is 10.2 Å². The number of nitrogens with one attached hydrogen (secondary N) is 1. The van der Waals surface area contributed by atoms with Gasteiger partial charge in [-0.1, -0.05) is 79.7 Å². The molecular formula is C38H47N3O7. The second kappa shape index (κ2) is 14.6. The Morgan fingerprint density at radius 3 is 1.96 bits per heavy atom. The lowest BCUT2D eigenvalue weighted by Crippen LogP contribution is -2.69. The van der Waals surface area contributed by atoms with Crippen LogP contribution in [-0.2, 0) is 19.7 Å². The van der Waals surface area contributed by atoms with Gasteiger partial charge in [0.15, 0.2) is 0 Å². The molecule has 256 valence electrons. The highest BCUT2D eigenvalue weighted by Gasteiger charge is 2.66. The molecule has 5 atom stereocenters. The predicted octanol–water partition coefficient (Wildman–Crippen LogP) is 6.10. The Morgan fingerprint density at radius 1 is 0.875 bits per heavy atom. The van der Waals surface area contributed by atoms with Gasteiger partial charge in [0.2, 0.25) is 0 Å². The molecule has 3 aromatic carbocycles. The summed E-state index contributed by atoms with van der Waals surface area (Å²) in [5.74, 6) is -3.33. The predicted molar refractivity (Wildman–Crippen MR) is 183 cm³/mol. The van der Waals surface area contributed by atoms with Crippen molar-refractivity contribution in [2.75, 3.05) is 32.8 Å². The van der Waals surface area contributed by atoms with Crippen molar-refractivity contribution in [3.63, 3.8) is 0 Å². The zero-order valence-electron chi connectivity index (χ0n) is 28.0. The van der Waals surface area contributed by atoms with Crippen molar-refractivity contribution in [1.29, 1.82) is 0 Å². The van der Waals surface area contributed by atoms with Crippen molar-refractivity contribution in [3.8, 4) is 0 Å². The summed E-state index contributed by atoms with van der Waals surface area (Å²) in [5, 5.41) is 36.6. The van der Waals surface area contributed by atoms with Crippen LogP contribution < -0.4 is 5.32 Å². The topological polar surface area (TPSA) is 142 Å². The average Bonchev–Trinajstić information content (AvgIpc) is 3.09. The fourth-order valence-corrected chi connectivity index (χ4v) is 8.74. The molecule has 0 amide bonds. The van der Waals surface area contributed by atoms with Gasteiger partial charge in [-0.05, 0) is 69.3 Å². The first-order chi connectivity index (χ1) is 23.0. The van der Waals surface area contributed by atoms with Gasteiger partial charge in [-0.3, -0.25) is 19.7 Å². The van der Waals surface area contributed by atoms with E-state index >= 15 is 0 Å². The van der Waals surface area contributed by atoms with Gasteiger partial charge in [-0.25, -0.2) is 0 Å². The van der Waals surface area contributed by atoms with Gasteiger partial charge in [0.25, 0.3) is 5.69 Å². The molecule has 0 aliphatic carbocycles. The first-order valence-electron chi connectivity index (χ1n) is 16.9. The van der Waals surface area contributed by atoms with Gasteiger partial charge in [0.1, 0.15) is 0 Å². The second-order valence-corrected chi connectivity index (χ2v) is 13.5. The first-order valence-corrected chi connectivity index (χ1v) is 16.9. The van der Waals surface area contributed by atoms with Crippen LogP contribution in [0.15, 0.2) is 84.9 Å². The molecule has 2 heterocycles. The largest absolute Gasteiger partial charge is 0.481 e. The van der Waals surface area contributed by atoms with Crippen molar-refractivity contribution in [2.45, 2.75) is 69.9 Å². The third-order valence-electron chi connectivity index (χ3n) is 11.4. The molecular weight excluding hydrogens is 610 g/mol. The van der Waals surface area contributed by atoms with Crippen molar-refractivity contribution >= 4 is 17.6 Å². The van der Waals surface area contributed by atoms with Crippen molar-refractivity contribution in [3.05, 3.63) is 112 Å². The number of aliphatic carboxylic acids is 2. The summed E-state index contributed by atoms with van der Waals surface area (Å²) in [7, 11) is 0. The van der Waals surface area contributed by atoms with Crippen LogP contribution in [0.4, 0.5) is 5.69 Å². The van der Waals surface area contributed by atoms with Gasteiger partial charge in [0.05, 0.1) is 22.4 Å². The standard InChI is InChI=1S/C38H47N3O7/c1-4-37(34(42)43)27(2)39-28(3)38(35(44)45,33(37)29-12-11-17-32(26-29)41(46)47)20-24-48-25-23-40-21-18-36(19-22-40,30-13-7-5-8-14-30)31-15-9-6-10-16-31/h5-17,26-28,33,39H,4,18-25H2,1-3H3,(H,42,43)(H,44,45). The number of nitrogens with zero attached hydrogens (tertiary/aromatic N) is 2. The van der Waals surface area contributed by atoms with E-state index in [1.165, 1.54) is 29.3 Å². The quantitative estimate of drug-likeness (QED) is 0.113. The van der Waals surface area contributed by atoms with Crippen LogP contribution in [0.1, 0.15) is 69.1 Å². The van der Waals surface area contributed by atoms with E-state index in [4.69, 9.17) is 4.74 Å². The van der Waals surface area contributed by atoms with Gasteiger partial charge < -0.3 is 25.2 Å². The van der Waals surface area contributed by atoms with E-state index < -0.39 is 45.7 Å². The lowest BCUT2D eigenvalue weighted by Gasteiger charge is -2.57. The van der Waals surface area contributed by atoms with Gasteiger partial charge in [0, 0.05) is 48.7 Å². The molecule has 2 aliphatic heterocycles. The molecule has 48 heavy (non-hydrogen) atoms. The molecule has 2 aliphatic rings. The fourth-order valence-electron chi connectivity index (χ4n) is 8.74. The Bertz CT molecular complexity index is 1540. The smallest absolute Gasteiger partial charge is 0.311 e. The molecule has 10 nitrogen and oxygen atoms in total. The maximum Gasteiger partial charge on any atom is 0.311 e. The SMILES string of the molecule is CCC1(C(=O)O)C(C)NC(C)C(CCOCCN2CCC(c3ccccc3)(c3ccccc3)CC2)(C(=O)O)C1c1cccc([N+](=O)[O-])c1. The molecule has 5 rings (SSSR count). The Kier molecular flexibility index (Phi) is 10.7. The number of hydrogen-bond acceptors (Lipinski definition) is 7. The van der Waals surface area contributed by atoms with Crippen LogP contribution >= 0.6 is 0 Å². The molecule has 0 spiro atoms. The minimum atomic E-state index is -1.60. The number of ether oxygens (including phenoxy) is 1. The number of likely N-dealkylation sites (tertiary alicyclic amines) is 1. The molecule has 3 aromatic rings. The molecule has 0 radical (unpaired) electrons. The highest BCUT2D eigenvalue weighted by molar-refractivity contribution is 5.84. The first kappa shape index (κ1) is 35.2. The highest BCUT2D eigenvalue weighted by atomic mass is 16.6. The molecule has 0 saturated carbocycles. The molecule has 5 unspecified atom stereocenters. The Balaban J connectivity index is 1.31. The summed E-state index contributed by atoms with van der Waals surface area (Å²) in [6.45, 7) is 8.21. The average molecular weight is 658 g/mol. The zero-order chi connectivity index (χ0) is 34.5. The number of nitro groups is 1. The second-order valence-electron chi connectivity index (χ2n) is 13.5. The minimum Gasteiger partial charge on any atom is -0.481 e. The summed E-state index contributed by atoms with van der Waals surface area (Å²) in [6.07, 6.45) is 2.10. The van der Waals surface area contributed by atoms with Crippen LogP contribution in [0.2, 0.25) is 0 Å². The number of piperidine rings is 2. The van der Waals surface area contributed by atoms with E-state index in [0.29, 0.717) is 18.7 Å². The van der Waals surface area contributed by atoms with Gasteiger partial charge in [-0.2, -0.15) is 0 Å². The maximum atomic E-state index is 13.4. The number of carboxylic acids is 2. The van der Waals surface area contributed by atoms with Crippen LogP contribution in [0, 0.1) is 20.9 Å². The lowest BCUT2D eigenvalue weighted by atomic mass is 9.50. The number of nitro benzene ring substituents is 1. The molecule has 2 fully saturated rings. The van der Waals surface area contributed by atoms with E-state index in [-0.39, 0.29) is 30.6 Å². The fraction of sp³-hybridized carbons (Fsp3) is 0.474. The molecule has 10 heteroatoms. The lowest BCUT2D eigenvalue weighted by molar-refractivity contribution is -0.385. The summed E-state index contributed by atoms with van der Waals surface area (Å²) < 4.78 is 6.13. The number of carbonyl (C=O) groups is 2. The number of rotatable bonds is 13. The van der Waals surface area contributed by atoms with Crippen LogP contribution in [-0.4, -0.2) is 76.9 Å². The van der Waals surface area contributed by atoms with Gasteiger partial charge in [-0.15, -0.1) is 0 Å². The Hall–Kier alpha value is -4.12. The summed E-state index contributed by atoms with van der Waals surface area (Å²) in [4.78, 5) is 40.1. The highest BCUT2D eigenvalue weighted by Crippen LogP contribution is 2.58. The monoisotopic (exact) mass is 657 g/mol. The Labute approximate surface area is 282 Å². The summed E-state index contributed by atoms with van der Waals surface area (Å²) >= 11 is 0. The molecule has 3 N–H and O–H groups in total. The van der Waals surface area contributed by atoms with E-state index in [1.54, 1.807) is 26.8 Å². The van der Waals surface area contributed by atoms with Crippen molar-refractivity contribution < 1.29 is 29.5 Å². The van der Waals surface area contributed by atoms with E-state index in [2.05, 4.69) is 58.7 Å². The number of hydrogen-bond donors (Lipinski definition) is 3. The maximum absolute atomic E-state index is 13.4. The van der Waals surface area contributed by atoms with E-state index in [0.717, 1.165) is 25.9 Å². The van der Waals surface area contributed by atoms with Gasteiger partial charge >= 0.3 is 11.9 Å². The number of non-ortho nitro benzene ring substituents is 1. The van der Waals surface area contributed by atoms with Crippen LogP contribution in [0.5, 0.6) is 0 Å².